The van der Waals surface area contributed by atoms with E-state index in [-0.39, 0.29) is 12.5 Å². The molecule has 0 saturated heterocycles. The molecular weight excluding hydrogens is 290 g/mol. The molecule has 1 atom stereocenters. The van der Waals surface area contributed by atoms with E-state index in [1.807, 2.05) is 49.4 Å². The number of carbonyl (C=O) groups is 1. The average Bonchev–Trinajstić information content (AvgIpc) is 2.59. The molecule has 0 heterocycles. The molecule has 0 fully saturated rings. The van der Waals surface area contributed by atoms with Gasteiger partial charge in [-0.3, -0.25) is 4.79 Å². The molecule has 2 aromatic rings. The van der Waals surface area contributed by atoms with Gasteiger partial charge in [0, 0.05) is 13.0 Å². The van der Waals surface area contributed by atoms with Crippen LogP contribution in [0.4, 0.5) is 0 Å². The Balaban J connectivity index is 1.80. The summed E-state index contributed by atoms with van der Waals surface area (Å²) in [7, 11) is 1.58. The van der Waals surface area contributed by atoms with Gasteiger partial charge in [-0.2, -0.15) is 0 Å². The minimum atomic E-state index is -0.743. The molecule has 2 aromatic carbocycles. The zero-order valence-corrected chi connectivity index (χ0v) is 13.6. The van der Waals surface area contributed by atoms with Crippen LogP contribution >= 0.6 is 0 Å². The molecule has 0 bridgehead atoms. The molecule has 122 valence electrons. The number of carbonyl (C=O) groups excluding carboxylic acids is 1. The number of methoxy groups -OCH3 is 1. The minimum absolute atomic E-state index is 0.0600. The van der Waals surface area contributed by atoms with E-state index in [2.05, 4.69) is 5.32 Å². The molecule has 0 spiro atoms. The number of aliphatic hydroxyl groups excluding tert-OH is 1. The first-order chi connectivity index (χ1) is 11.1. The summed E-state index contributed by atoms with van der Waals surface area (Å²) < 4.78 is 5.13. The summed E-state index contributed by atoms with van der Waals surface area (Å²) >= 11 is 0. The number of rotatable bonds is 7. The molecule has 0 aromatic heterocycles. The van der Waals surface area contributed by atoms with Gasteiger partial charge in [-0.25, -0.2) is 0 Å². The monoisotopic (exact) mass is 313 g/mol. The Morgan fingerprint density at radius 1 is 1.22 bits per heavy atom. The molecule has 4 nitrogen and oxygen atoms in total. The van der Waals surface area contributed by atoms with Gasteiger partial charge in [-0.15, -0.1) is 0 Å². The van der Waals surface area contributed by atoms with Crippen molar-refractivity contribution in [3.8, 4) is 5.75 Å². The molecule has 2 rings (SSSR count). The molecule has 0 radical (unpaired) electrons. The molecule has 0 aliphatic rings. The van der Waals surface area contributed by atoms with Gasteiger partial charge in [0.2, 0.25) is 5.91 Å². The molecule has 0 aliphatic carbocycles. The predicted molar refractivity (Wildman–Crippen MR) is 90.5 cm³/mol. The van der Waals surface area contributed by atoms with Crippen molar-refractivity contribution < 1.29 is 14.6 Å². The molecule has 23 heavy (non-hydrogen) atoms. The summed E-state index contributed by atoms with van der Waals surface area (Å²) in [6, 6.07) is 15.3. The number of ether oxygens (including phenoxy) is 1. The number of amides is 1. The number of aryl methyl sites for hydroxylation is 2. The molecule has 4 heteroatoms. The maximum atomic E-state index is 11.9. The summed E-state index contributed by atoms with van der Waals surface area (Å²) in [4.78, 5) is 11.9. The predicted octanol–water partition coefficient (Wildman–Crippen LogP) is 2.79. The third-order valence-electron chi connectivity index (χ3n) is 3.85. The van der Waals surface area contributed by atoms with Crippen LogP contribution in [-0.4, -0.2) is 24.7 Å². The maximum Gasteiger partial charge on any atom is 0.220 e. The van der Waals surface area contributed by atoms with Gasteiger partial charge in [0.25, 0.3) is 0 Å². The second kappa shape index (κ2) is 8.34. The topological polar surface area (TPSA) is 58.6 Å². The van der Waals surface area contributed by atoms with E-state index in [9.17, 15) is 9.90 Å². The summed E-state index contributed by atoms with van der Waals surface area (Å²) in [6.07, 6.45) is 0.371. The van der Waals surface area contributed by atoms with Gasteiger partial charge in [0.1, 0.15) is 5.75 Å². The summed E-state index contributed by atoms with van der Waals surface area (Å²) in [6.45, 7) is 2.24. The second-order valence-electron chi connectivity index (χ2n) is 5.52. The number of nitrogens with one attached hydrogen (secondary N) is 1. The van der Waals surface area contributed by atoms with Crippen LogP contribution in [0.1, 0.15) is 29.2 Å². The van der Waals surface area contributed by atoms with Crippen LogP contribution in [0.5, 0.6) is 5.75 Å². The van der Waals surface area contributed by atoms with Crippen molar-refractivity contribution in [3.05, 3.63) is 65.2 Å². The van der Waals surface area contributed by atoms with Crippen molar-refractivity contribution in [2.24, 2.45) is 0 Å². The Bertz CT molecular complexity index is 655. The third kappa shape index (κ3) is 5.11. The molecular formula is C19H23NO3. The van der Waals surface area contributed by atoms with E-state index in [0.717, 1.165) is 5.56 Å². The zero-order chi connectivity index (χ0) is 16.7. The Labute approximate surface area is 137 Å². The van der Waals surface area contributed by atoms with Crippen molar-refractivity contribution in [1.29, 1.82) is 0 Å². The first kappa shape index (κ1) is 17.0. The largest absolute Gasteiger partial charge is 0.497 e. The van der Waals surface area contributed by atoms with Crippen LogP contribution in [-0.2, 0) is 11.2 Å². The highest BCUT2D eigenvalue weighted by atomic mass is 16.5. The van der Waals surface area contributed by atoms with Crippen molar-refractivity contribution >= 4 is 5.91 Å². The molecule has 0 aliphatic heterocycles. The summed E-state index contributed by atoms with van der Waals surface area (Å²) in [5.74, 6) is 0.627. The highest BCUT2D eigenvalue weighted by Gasteiger charge is 2.10. The van der Waals surface area contributed by atoms with E-state index in [1.165, 1.54) is 11.1 Å². The minimum Gasteiger partial charge on any atom is -0.497 e. The third-order valence-corrected chi connectivity index (χ3v) is 3.85. The Hall–Kier alpha value is -2.33. The van der Waals surface area contributed by atoms with Gasteiger partial charge in [0.15, 0.2) is 0 Å². The van der Waals surface area contributed by atoms with E-state index in [1.54, 1.807) is 13.2 Å². The van der Waals surface area contributed by atoms with E-state index >= 15 is 0 Å². The van der Waals surface area contributed by atoms with Crippen molar-refractivity contribution in [2.45, 2.75) is 25.9 Å². The highest BCUT2D eigenvalue weighted by molar-refractivity contribution is 5.76. The van der Waals surface area contributed by atoms with Crippen LogP contribution in [0.15, 0.2) is 48.5 Å². The normalized spacial score (nSPS) is 11.8. The Kier molecular flexibility index (Phi) is 6.18. The van der Waals surface area contributed by atoms with Gasteiger partial charge in [-0.05, 0) is 42.2 Å². The Morgan fingerprint density at radius 3 is 2.74 bits per heavy atom. The lowest BCUT2D eigenvalue weighted by molar-refractivity contribution is -0.121. The lowest BCUT2D eigenvalue weighted by atomic mass is 10.0. The van der Waals surface area contributed by atoms with Gasteiger partial charge < -0.3 is 15.2 Å². The molecule has 1 unspecified atom stereocenters. The first-order valence-corrected chi connectivity index (χ1v) is 7.73. The number of hydrogen-bond acceptors (Lipinski definition) is 3. The van der Waals surface area contributed by atoms with Crippen LogP contribution in [0.2, 0.25) is 0 Å². The van der Waals surface area contributed by atoms with E-state index in [0.29, 0.717) is 18.6 Å². The lowest BCUT2D eigenvalue weighted by Crippen LogP contribution is -2.28. The maximum absolute atomic E-state index is 11.9. The fraction of sp³-hybridized carbons (Fsp3) is 0.316. The molecule has 1 amide bonds. The SMILES string of the molecule is COc1cccc(C(O)CNC(=O)CCc2ccccc2C)c1. The quantitative estimate of drug-likeness (QED) is 0.826. The van der Waals surface area contributed by atoms with Crippen LogP contribution < -0.4 is 10.1 Å². The smallest absolute Gasteiger partial charge is 0.220 e. The number of aliphatic hydroxyl groups is 1. The van der Waals surface area contributed by atoms with Gasteiger partial charge in [0.05, 0.1) is 13.2 Å². The fourth-order valence-electron chi connectivity index (χ4n) is 2.40. The van der Waals surface area contributed by atoms with E-state index < -0.39 is 6.10 Å². The Morgan fingerprint density at radius 2 is 2.00 bits per heavy atom. The number of benzene rings is 2. The summed E-state index contributed by atoms with van der Waals surface area (Å²) in [5.41, 5.74) is 3.09. The second-order valence-corrected chi connectivity index (χ2v) is 5.52. The van der Waals surface area contributed by atoms with Gasteiger partial charge >= 0.3 is 0 Å². The summed E-state index contributed by atoms with van der Waals surface area (Å²) in [5, 5.41) is 12.9. The first-order valence-electron chi connectivity index (χ1n) is 7.73. The lowest BCUT2D eigenvalue weighted by Gasteiger charge is -2.13. The zero-order valence-electron chi connectivity index (χ0n) is 13.6. The van der Waals surface area contributed by atoms with Crippen molar-refractivity contribution in [2.75, 3.05) is 13.7 Å². The van der Waals surface area contributed by atoms with E-state index in [4.69, 9.17) is 4.74 Å². The van der Waals surface area contributed by atoms with Crippen LogP contribution in [0.3, 0.4) is 0 Å². The average molecular weight is 313 g/mol. The number of hydrogen-bond donors (Lipinski definition) is 2. The van der Waals surface area contributed by atoms with Crippen LogP contribution in [0, 0.1) is 6.92 Å². The van der Waals surface area contributed by atoms with Gasteiger partial charge in [-0.1, -0.05) is 36.4 Å². The highest BCUT2D eigenvalue weighted by Crippen LogP contribution is 2.18. The standard InChI is InChI=1S/C19H23NO3/c1-14-6-3-4-7-15(14)10-11-19(22)20-13-18(21)16-8-5-9-17(12-16)23-2/h3-9,12,18,21H,10-11,13H2,1-2H3,(H,20,22). The van der Waals surface area contributed by atoms with Crippen molar-refractivity contribution in [3.63, 3.8) is 0 Å². The molecule has 0 saturated carbocycles. The van der Waals surface area contributed by atoms with Crippen LogP contribution in [0.25, 0.3) is 0 Å². The van der Waals surface area contributed by atoms with Crippen molar-refractivity contribution in [1.82, 2.24) is 5.32 Å². The molecule has 2 N–H and O–H groups in total. The fourth-order valence-corrected chi connectivity index (χ4v) is 2.40.